The van der Waals surface area contributed by atoms with Crippen molar-refractivity contribution in [2.75, 3.05) is 13.7 Å². The lowest BCUT2D eigenvalue weighted by molar-refractivity contribution is 0.0600. The van der Waals surface area contributed by atoms with Gasteiger partial charge in [-0.05, 0) is 66.1 Å². The standard InChI is InChI=1S/C32H26Cl2N2O3/c1-3-39-27-15-12-23(13-16-27)22-8-10-24(11-9-22)31-35-30(28-17-14-26(33)18-29(28)34)20-36(31)19-21-4-6-25(7-5-21)32(37)38-2/h4-18,20H,3,19H2,1-2H3. The number of nitrogens with zero attached hydrogens (tertiary/aromatic N) is 2. The van der Waals surface area contributed by atoms with Crippen molar-refractivity contribution < 1.29 is 14.3 Å². The van der Waals surface area contributed by atoms with E-state index >= 15 is 0 Å². The van der Waals surface area contributed by atoms with Gasteiger partial charge in [0.05, 0.1) is 30.0 Å². The number of ether oxygens (including phenoxy) is 2. The van der Waals surface area contributed by atoms with Crippen LogP contribution >= 0.6 is 23.2 Å². The zero-order valence-corrected chi connectivity index (χ0v) is 23.0. The Morgan fingerprint density at radius 2 is 1.49 bits per heavy atom. The van der Waals surface area contributed by atoms with Gasteiger partial charge in [0.15, 0.2) is 0 Å². The molecular formula is C32H26Cl2N2O3. The van der Waals surface area contributed by atoms with E-state index in [0.29, 0.717) is 28.8 Å². The van der Waals surface area contributed by atoms with Crippen molar-refractivity contribution in [1.82, 2.24) is 9.55 Å². The van der Waals surface area contributed by atoms with Crippen LogP contribution in [0.4, 0.5) is 0 Å². The topological polar surface area (TPSA) is 53.4 Å². The predicted octanol–water partition coefficient (Wildman–Crippen LogP) is 8.42. The van der Waals surface area contributed by atoms with E-state index in [0.717, 1.165) is 45.1 Å². The number of hydrogen-bond donors (Lipinski definition) is 0. The molecule has 5 nitrogen and oxygen atoms in total. The van der Waals surface area contributed by atoms with Crippen molar-refractivity contribution >= 4 is 29.2 Å². The molecule has 0 amide bonds. The Hall–Kier alpha value is -4.06. The molecule has 0 bridgehead atoms. The van der Waals surface area contributed by atoms with Crippen molar-refractivity contribution in [3.8, 4) is 39.5 Å². The van der Waals surface area contributed by atoms with Crippen molar-refractivity contribution in [2.45, 2.75) is 13.5 Å². The van der Waals surface area contributed by atoms with E-state index in [9.17, 15) is 4.79 Å². The van der Waals surface area contributed by atoms with Gasteiger partial charge in [-0.15, -0.1) is 0 Å². The number of methoxy groups -OCH3 is 1. The molecule has 0 atom stereocenters. The zero-order valence-electron chi connectivity index (χ0n) is 21.5. The second-order valence-electron chi connectivity index (χ2n) is 8.93. The quantitative estimate of drug-likeness (QED) is 0.180. The highest BCUT2D eigenvalue weighted by Crippen LogP contribution is 2.33. The predicted molar refractivity (Wildman–Crippen MR) is 157 cm³/mol. The van der Waals surface area contributed by atoms with Gasteiger partial charge in [-0.1, -0.05) is 71.7 Å². The summed E-state index contributed by atoms with van der Waals surface area (Å²) in [6.07, 6.45) is 1.99. The molecule has 196 valence electrons. The third-order valence-electron chi connectivity index (χ3n) is 6.35. The number of hydrogen-bond acceptors (Lipinski definition) is 4. The molecule has 4 aromatic carbocycles. The molecule has 7 heteroatoms. The molecule has 0 unspecified atom stereocenters. The van der Waals surface area contributed by atoms with E-state index in [-0.39, 0.29) is 5.97 Å². The molecule has 0 spiro atoms. The lowest BCUT2D eigenvalue weighted by atomic mass is 10.0. The van der Waals surface area contributed by atoms with Crippen LogP contribution in [-0.4, -0.2) is 29.2 Å². The van der Waals surface area contributed by atoms with E-state index in [1.54, 1.807) is 24.3 Å². The summed E-state index contributed by atoms with van der Waals surface area (Å²) in [6.45, 7) is 3.16. The molecule has 0 aliphatic rings. The van der Waals surface area contributed by atoms with E-state index in [4.69, 9.17) is 37.7 Å². The maximum atomic E-state index is 11.8. The minimum Gasteiger partial charge on any atom is -0.494 e. The maximum Gasteiger partial charge on any atom is 0.337 e. The summed E-state index contributed by atoms with van der Waals surface area (Å²) in [5.74, 6) is 1.29. The summed E-state index contributed by atoms with van der Waals surface area (Å²) >= 11 is 12.7. The van der Waals surface area contributed by atoms with Gasteiger partial charge < -0.3 is 14.0 Å². The summed E-state index contributed by atoms with van der Waals surface area (Å²) in [7, 11) is 1.37. The number of carbonyl (C=O) groups excluding carboxylic acids is 1. The van der Waals surface area contributed by atoms with Crippen LogP contribution in [0.1, 0.15) is 22.8 Å². The van der Waals surface area contributed by atoms with E-state index < -0.39 is 0 Å². The highest BCUT2D eigenvalue weighted by Gasteiger charge is 2.15. The fourth-order valence-electron chi connectivity index (χ4n) is 4.38. The third kappa shape index (κ3) is 6.00. The number of aromatic nitrogens is 2. The Labute approximate surface area is 237 Å². The Morgan fingerprint density at radius 3 is 2.10 bits per heavy atom. The highest BCUT2D eigenvalue weighted by atomic mass is 35.5. The molecule has 0 aliphatic heterocycles. The van der Waals surface area contributed by atoms with Gasteiger partial charge in [0.1, 0.15) is 11.6 Å². The SMILES string of the molecule is CCOc1ccc(-c2ccc(-c3nc(-c4ccc(Cl)cc4Cl)cn3Cc3ccc(C(=O)OC)cc3)cc2)cc1. The normalized spacial score (nSPS) is 10.9. The molecule has 5 aromatic rings. The molecule has 0 saturated heterocycles. The number of imidazole rings is 1. The van der Waals surface area contributed by atoms with Gasteiger partial charge in [-0.25, -0.2) is 9.78 Å². The average Bonchev–Trinajstić information content (AvgIpc) is 3.37. The van der Waals surface area contributed by atoms with Crippen LogP contribution in [0.25, 0.3) is 33.8 Å². The van der Waals surface area contributed by atoms with Crippen molar-refractivity contribution in [3.05, 3.63) is 118 Å². The molecule has 0 N–H and O–H groups in total. The number of halogens is 2. The van der Waals surface area contributed by atoms with Crippen LogP contribution in [-0.2, 0) is 11.3 Å². The van der Waals surface area contributed by atoms with Crippen LogP contribution in [0.5, 0.6) is 5.75 Å². The fourth-order valence-corrected chi connectivity index (χ4v) is 4.88. The minimum atomic E-state index is -0.364. The van der Waals surface area contributed by atoms with Gasteiger partial charge in [0.2, 0.25) is 0 Å². The molecular weight excluding hydrogens is 531 g/mol. The van der Waals surface area contributed by atoms with Crippen LogP contribution in [0, 0.1) is 0 Å². The van der Waals surface area contributed by atoms with E-state index in [2.05, 4.69) is 41.0 Å². The molecule has 1 heterocycles. The first kappa shape index (κ1) is 26.5. The summed E-state index contributed by atoms with van der Waals surface area (Å²) in [4.78, 5) is 16.8. The molecule has 39 heavy (non-hydrogen) atoms. The third-order valence-corrected chi connectivity index (χ3v) is 6.90. The molecule has 1 aromatic heterocycles. The molecule has 0 saturated carbocycles. The first-order valence-corrected chi connectivity index (χ1v) is 13.2. The second kappa shape index (κ2) is 11.8. The maximum absolute atomic E-state index is 11.8. The lowest BCUT2D eigenvalue weighted by Gasteiger charge is -2.10. The smallest absolute Gasteiger partial charge is 0.337 e. The summed E-state index contributed by atoms with van der Waals surface area (Å²) in [6, 6.07) is 29.1. The van der Waals surface area contributed by atoms with Crippen LogP contribution < -0.4 is 4.74 Å². The molecule has 0 aliphatic carbocycles. The summed E-state index contributed by atoms with van der Waals surface area (Å²) in [5, 5.41) is 1.10. The average molecular weight is 557 g/mol. The first-order chi connectivity index (χ1) is 18.9. The van der Waals surface area contributed by atoms with E-state index in [1.165, 1.54) is 7.11 Å². The van der Waals surface area contributed by atoms with Gasteiger partial charge in [0.25, 0.3) is 0 Å². The second-order valence-corrected chi connectivity index (χ2v) is 9.77. The summed E-state index contributed by atoms with van der Waals surface area (Å²) < 4.78 is 12.5. The monoisotopic (exact) mass is 556 g/mol. The fraction of sp³-hybridized carbons (Fsp3) is 0.125. The van der Waals surface area contributed by atoms with Gasteiger partial charge in [0, 0.05) is 28.9 Å². The molecule has 5 rings (SSSR count). The highest BCUT2D eigenvalue weighted by molar-refractivity contribution is 6.36. The first-order valence-electron chi connectivity index (χ1n) is 12.5. The van der Waals surface area contributed by atoms with Gasteiger partial charge in [-0.2, -0.15) is 0 Å². The van der Waals surface area contributed by atoms with Crippen LogP contribution in [0.15, 0.2) is 97.2 Å². The number of esters is 1. The van der Waals surface area contributed by atoms with E-state index in [1.807, 2.05) is 43.5 Å². The van der Waals surface area contributed by atoms with Gasteiger partial charge in [-0.3, -0.25) is 0 Å². The summed E-state index contributed by atoms with van der Waals surface area (Å²) in [5.41, 5.74) is 6.23. The molecule has 0 radical (unpaired) electrons. The zero-order chi connectivity index (χ0) is 27.4. The number of rotatable bonds is 8. The Kier molecular flexibility index (Phi) is 8.01. The number of carbonyl (C=O) groups is 1. The lowest BCUT2D eigenvalue weighted by Crippen LogP contribution is -2.03. The van der Waals surface area contributed by atoms with Crippen molar-refractivity contribution in [2.24, 2.45) is 0 Å². The Morgan fingerprint density at radius 1 is 0.846 bits per heavy atom. The van der Waals surface area contributed by atoms with Crippen LogP contribution in [0.3, 0.4) is 0 Å². The minimum absolute atomic E-state index is 0.364. The Balaban J connectivity index is 1.50. The Bertz CT molecular complexity index is 1590. The number of benzene rings is 4. The molecule has 0 fully saturated rings. The van der Waals surface area contributed by atoms with Crippen molar-refractivity contribution in [1.29, 1.82) is 0 Å². The van der Waals surface area contributed by atoms with Crippen molar-refractivity contribution in [3.63, 3.8) is 0 Å². The van der Waals surface area contributed by atoms with Gasteiger partial charge >= 0.3 is 5.97 Å². The largest absolute Gasteiger partial charge is 0.494 e. The van der Waals surface area contributed by atoms with Crippen LogP contribution in [0.2, 0.25) is 10.0 Å².